The minimum absolute atomic E-state index is 0. The first-order valence-corrected chi connectivity index (χ1v) is 3.98. The molecule has 1 aliphatic carbocycles. The van der Waals surface area contributed by atoms with E-state index in [4.69, 9.17) is 5.11 Å². The van der Waals surface area contributed by atoms with Gasteiger partial charge >= 0.3 is 6.09 Å². The van der Waals surface area contributed by atoms with Gasteiger partial charge in [-0.3, -0.25) is 0 Å². The van der Waals surface area contributed by atoms with Gasteiger partial charge in [0.25, 0.3) is 0 Å². The Balaban J connectivity index is 0.000000720. The summed E-state index contributed by atoms with van der Waals surface area (Å²) in [5.41, 5.74) is 0. The van der Waals surface area contributed by atoms with E-state index in [-0.39, 0.29) is 12.2 Å². The SMILES string of the molecule is N.O=C(O)NC1CC2CC1CN2. The fourth-order valence-electron chi connectivity index (χ4n) is 2.17. The van der Waals surface area contributed by atoms with E-state index in [1.807, 2.05) is 0 Å². The highest BCUT2D eigenvalue weighted by atomic mass is 16.4. The summed E-state index contributed by atoms with van der Waals surface area (Å²) < 4.78 is 0. The second kappa shape index (κ2) is 3.28. The molecule has 0 spiro atoms. The zero-order valence-electron chi connectivity index (χ0n) is 6.92. The maximum atomic E-state index is 10.3. The van der Waals surface area contributed by atoms with Crippen LogP contribution in [-0.4, -0.2) is 29.8 Å². The molecule has 5 heteroatoms. The molecule has 0 aromatic heterocycles. The van der Waals surface area contributed by atoms with Crippen molar-refractivity contribution in [3.63, 3.8) is 0 Å². The number of piperidine rings is 1. The van der Waals surface area contributed by atoms with Crippen LogP contribution >= 0.6 is 0 Å². The minimum Gasteiger partial charge on any atom is -0.465 e. The monoisotopic (exact) mass is 173 g/mol. The minimum atomic E-state index is -0.887. The number of fused-ring (bicyclic) bond motifs is 2. The lowest BCUT2D eigenvalue weighted by Crippen LogP contribution is -2.43. The summed E-state index contributed by atoms with van der Waals surface area (Å²) in [6.07, 6.45) is 1.23. The Morgan fingerprint density at radius 2 is 2.25 bits per heavy atom. The molecule has 0 aromatic rings. The Morgan fingerprint density at radius 3 is 2.67 bits per heavy atom. The summed E-state index contributed by atoms with van der Waals surface area (Å²) in [7, 11) is 0. The highest BCUT2D eigenvalue weighted by molar-refractivity contribution is 5.65. The van der Waals surface area contributed by atoms with Crippen molar-refractivity contribution in [1.29, 1.82) is 0 Å². The lowest BCUT2D eigenvalue weighted by molar-refractivity contribution is 0.185. The summed E-state index contributed by atoms with van der Waals surface area (Å²) in [4.78, 5) is 10.3. The smallest absolute Gasteiger partial charge is 0.404 e. The number of rotatable bonds is 1. The standard InChI is InChI=1S/C7H12N2O2.H3N/c10-7(11)9-6-2-5-1-4(6)3-8-5;/h4-6,8-9H,1-3H2,(H,10,11);1H3. The predicted octanol–water partition coefficient (Wildman–Crippen LogP) is 0.166. The van der Waals surface area contributed by atoms with E-state index >= 15 is 0 Å². The molecule has 2 fully saturated rings. The van der Waals surface area contributed by atoms with Gasteiger partial charge in [-0.1, -0.05) is 0 Å². The highest BCUT2D eigenvalue weighted by Crippen LogP contribution is 2.30. The fraction of sp³-hybridized carbons (Fsp3) is 0.857. The van der Waals surface area contributed by atoms with Crippen LogP contribution in [0.1, 0.15) is 12.8 Å². The van der Waals surface area contributed by atoms with E-state index in [2.05, 4.69) is 10.6 Å². The number of amides is 1. The van der Waals surface area contributed by atoms with E-state index < -0.39 is 6.09 Å². The van der Waals surface area contributed by atoms with Gasteiger partial charge in [-0.05, 0) is 18.8 Å². The maximum Gasteiger partial charge on any atom is 0.404 e. The average Bonchev–Trinajstić information content (AvgIpc) is 2.45. The van der Waals surface area contributed by atoms with Gasteiger partial charge in [-0.15, -0.1) is 0 Å². The largest absolute Gasteiger partial charge is 0.465 e. The molecule has 70 valence electrons. The second-order valence-corrected chi connectivity index (χ2v) is 3.39. The fourth-order valence-corrected chi connectivity index (χ4v) is 2.17. The van der Waals surface area contributed by atoms with E-state index in [0.29, 0.717) is 12.0 Å². The summed E-state index contributed by atoms with van der Waals surface area (Å²) >= 11 is 0. The van der Waals surface area contributed by atoms with Crippen LogP contribution in [0.2, 0.25) is 0 Å². The van der Waals surface area contributed by atoms with Gasteiger partial charge in [-0.2, -0.15) is 0 Å². The Labute approximate surface area is 71.1 Å². The summed E-state index contributed by atoms with van der Waals surface area (Å²) in [6, 6.07) is 0.774. The Morgan fingerprint density at radius 1 is 1.50 bits per heavy atom. The van der Waals surface area contributed by atoms with Crippen molar-refractivity contribution in [1.82, 2.24) is 16.8 Å². The first-order chi connectivity index (χ1) is 5.25. The summed E-state index contributed by atoms with van der Waals surface area (Å²) in [5, 5.41) is 14.3. The Bertz CT molecular complexity index is 185. The third-order valence-electron chi connectivity index (χ3n) is 2.67. The van der Waals surface area contributed by atoms with Gasteiger partial charge in [0, 0.05) is 18.6 Å². The quantitative estimate of drug-likeness (QED) is 0.454. The lowest BCUT2D eigenvalue weighted by atomic mass is 10.0. The molecule has 1 amide bonds. The van der Waals surface area contributed by atoms with Crippen molar-refractivity contribution >= 4 is 6.09 Å². The van der Waals surface area contributed by atoms with E-state index in [0.717, 1.165) is 19.4 Å². The molecule has 0 radical (unpaired) electrons. The second-order valence-electron chi connectivity index (χ2n) is 3.39. The normalized spacial score (nSPS) is 37.5. The lowest BCUT2D eigenvalue weighted by Gasteiger charge is -2.21. The van der Waals surface area contributed by atoms with Crippen LogP contribution in [0.5, 0.6) is 0 Å². The number of hydrogen-bond donors (Lipinski definition) is 4. The van der Waals surface area contributed by atoms with E-state index in [1.165, 1.54) is 0 Å². The molecular formula is C7H15N3O2. The number of hydrogen-bond acceptors (Lipinski definition) is 3. The highest BCUT2D eigenvalue weighted by Gasteiger charge is 2.39. The zero-order valence-corrected chi connectivity index (χ0v) is 6.92. The molecule has 2 aliphatic rings. The van der Waals surface area contributed by atoms with Gasteiger partial charge < -0.3 is 21.9 Å². The van der Waals surface area contributed by atoms with Crippen LogP contribution in [0.15, 0.2) is 0 Å². The van der Waals surface area contributed by atoms with Crippen molar-refractivity contribution < 1.29 is 9.90 Å². The van der Waals surface area contributed by atoms with Crippen molar-refractivity contribution in [2.45, 2.75) is 24.9 Å². The molecule has 3 atom stereocenters. The molecule has 3 unspecified atom stereocenters. The van der Waals surface area contributed by atoms with Crippen molar-refractivity contribution in [2.75, 3.05) is 6.54 Å². The van der Waals surface area contributed by atoms with Crippen LogP contribution in [-0.2, 0) is 0 Å². The first-order valence-electron chi connectivity index (χ1n) is 3.98. The number of carbonyl (C=O) groups is 1. The van der Waals surface area contributed by atoms with E-state index in [1.54, 1.807) is 0 Å². The molecule has 2 rings (SSSR count). The van der Waals surface area contributed by atoms with Crippen LogP contribution < -0.4 is 16.8 Å². The molecule has 5 nitrogen and oxygen atoms in total. The van der Waals surface area contributed by atoms with Gasteiger partial charge in [0.05, 0.1) is 0 Å². The van der Waals surface area contributed by atoms with Gasteiger partial charge in [-0.25, -0.2) is 4.79 Å². The number of carboxylic acid groups (broad SMARTS) is 1. The molecule has 1 heterocycles. The van der Waals surface area contributed by atoms with Gasteiger partial charge in [0.15, 0.2) is 0 Å². The van der Waals surface area contributed by atoms with Crippen LogP contribution in [0.3, 0.4) is 0 Å². The molecular weight excluding hydrogens is 158 g/mol. The summed E-state index contributed by atoms with van der Waals surface area (Å²) in [6.45, 7) is 0.982. The van der Waals surface area contributed by atoms with Crippen LogP contribution in [0.25, 0.3) is 0 Å². The predicted molar refractivity (Wildman–Crippen MR) is 44.5 cm³/mol. The van der Waals surface area contributed by atoms with Crippen molar-refractivity contribution in [2.24, 2.45) is 5.92 Å². The van der Waals surface area contributed by atoms with Crippen molar-refractivity contribution in [3.05, 3.63) is 0 Å². The zero-order chi connectivity index (χ0) is 7.84. The van der Waals surface area contributed by atoms with Gasteiger partial charge in [0.1, 0.15) is 0 Å². The third-order valence-corrected chi connectivity index (χ3v) is 2.67. The topological polar surface area (TPSA) is 96.4 Å². The summed E-state index contributed by atoms with van der Waals surface area (Å²) in [5.74, 6) is 0.538. The van der Waals surface area contributed by atoms with Crippen LogP contribution in [0, 0.1) is 5.92 Å². The molecule has 2 bridgehead atoms. The molecule has 1 saturated carbocycles. The van der Waals surface area contributed by atoms with Gasteiger partial charge in [0.2, 0.25) is 0 Å². The Kier molecular flexibility index (Phi) is 2.54. The average molecular weight is 173 g/mol. The van der Waals surface area contributed by atoms with Crippen molar-refractivity contribution in [3.8, 4) is 0 Å². The molecule has 0 aromatic carbocycles. The first kappa shape index (κ1) is 9.28. The van der Waals surface area contributed by atoms with E-state index in [9.17, 15) is 4.79 Å². The Hall–Kier alpha value is -0.810. The molecule has 12 heavy (non-hydrogen) atoms. The molecule has 1 aliphatic heterocycles. The maximum absolute atomic E-state index is 10.3. The van der Waals surface area contributed by atoms with Crippen LogP contribution in [0.4, 0.5) is 4.79 Å². The number of nitrogens with one attached hydrogen (secondary N) is 2. The third kappa shape index (κ3) is 1.51. The molecule has 6 N–H and O–H groups in total. The molecule has 1 saturated heterocycles.